The molecule has 0 N–H and O–H groups in total. The van der Waals surface area contributed by atoms with Crippen LogP contribution in [-0.4, -0.2) is 0 Å². The molecule has 100 valence electrons. The van der Waals surface area contributed by atoms with E-state index in [1.807, 2.05) is 18.2 Å². The van der Waals surface area contributed by atoms with Crippen molar-refractivity contribution in [3.63, 3.8) is 0 Å². The Kier molecular flexibility index (Phi) is 4.77. The summed E-state index contributed by atoms with van der Waals surface area (Å²) < 4.78 is 32.6. The molecular weight excluding hydrogens is 338 g/mol. The van der Waals surface area contributed by atoms with Crippen molar-refractivity contribution in [3.8, 4) is 5.75 Å². The van der Waals surface area contributed by atoms with Crippen molar-refractivity contribution in [1.82, 2.24) is 0 Å². The van der Waals surface area contributed by atoms with Crippen LogP contribution < -0.4 is 4.74 Å². The largest absolute Gasteiger partial charge is 0.487 e. The standard InChI is InChI=1S/C14H10BrClF2O/c15-12-3-1-2-9(7-16)14(12)19-8-10-4-5-11(17)6-13(10)18/h1-6H,7-8H2. The number of halogens is 4. The van der Waals surface area contributed by atoms with Crippen molar-refractivity contribution in [1.29, 1.82) is 0 Å². The predicted octanol–water partition coefficient (Wildman–Crippen LogP) is 5.05. The lowest BCUT2D eigenvalue weighted by Crippen LogP contribution is -2.01. The summed E-state index contributed by atoms with van der Waals surface area (Å²) in [4.78, 5) is 0. The second-order valence-corrected chi connectivity index (χ2v) is 5.01. The van der Waals surface area contributed by atoms with Gasteiger partial charge in [-0.05, 0) is 34.1 Å². The first-order chi connectivity index (χ1) is 9.11. The third-order valence-corrected chi connectivity index (χ3v) is 3.49. The molecule has 0 unspecified atom stereocenters. The molecule has 2 aromatic rings. The number of benzene rings is 2. The first-order valence-electron chi connectivity index (χ1n) is 5.52. The molecule has 0 radical (unpaired) electrons. The smallest absolute Gasteiger partial charge is 0.138 e. The molecule has 19 heavy (non-hydrogen) atoms. The number of rotatable bonds is 4. The Morgan fingerprint density at radius 3 is 2.58 bits per heavy atom. The first kappa shape index (κ1) is 14.3. The Hall–Kier alpha value is -1.13. The molecule has 0 heterocycles. The Balaban J connectivity index is 2.19. The average Bonchev–Trinajstić information content (AvgIpc) is 2.39. The van der Waals surface area contributed by atoms with E-state index in [4.69, 9.17) is 16.3 Å². The summed E-state index contributed by atoms with van der Waals surface area (Å²) in [5.74, 6) is -0.370. The minimum absolute atomic E-state index is 0.0125. The lowest BCUT2D eigenvalue weighted by Gasteiger charge is -2.12. The number of para-hydroxylation sites is 1. The van der Waals surface area contributed by atoms with Crippen molar-refractivity contribution in [2.45, 2.75) is 12.5 Å². The Morgan fingerprint density at radius 1 is 1.11 bits per heavy atom. The maximum Gasteiger partial charge on any atom is 0.138 e. The SMILES string of the molecule is Fc1ccc(COc2c(Br)cccc2CCl)c(F)c1. The number of hydrogen-bond acceptors (Lipinski definition) is 1. The predicted molar refractivity (Wildman–Crippen MR) is 74.4 cm³/mol. The molecule has 0 fully saturated rings. The summed E-state index contributed by atoms with van der Waals surface area (Å²) in [6.07, 6.45) is 0. The van der Waals surface area contributed by atoms with E-state index in [2.05, 4.69) is 15.9 Å². The highest BCUT2D eigenvalue weighted by Gasteiger charge is 2.10. The highest BCUT2D eigenvalue weighted by Crippen LogP contribution is 2.31. The second-order valence-electron chi connectivity index (χ2n) is 3.89. The molecule has 0 saturated heterocycles. The molecule has 1 nitrogen and oxygen atoms in total. The number of alkyl halides is 1. The molecule has 2 rings (SSSR count). The van der Waals surface area contributed by atoms with Crippen LogP contribution in [0.25, 0.3) is 0 Å². The number of hydrogen-bond donors (Lipinski definition) is 0. The molecule has 2 aromatic carbocycles. The Labute approximate surface area is 123 Å². The molecule has 0 spiro atoms. The second kappa shape index (κ2) is 6.35. The fourth-order valence-electron chi connectivity index (χ4n) is 1.61. The first-order valence-corrected chi connectivity index (χ1v) is 6.84. The van der Waals surface area contributed by atoms with Crippen LogP contribution in [0.3, 0.4) is 0 Å². The minimum Gasteiger partial charge on any atom is -0.487 e. The molecule has 0 bridgehead atoms. The lowest BCUT2D eigenvalue weighted by molar-refractivity contribution is 0.295. The zero-order valence-electron chi connectivity index (χ0n) is 9.80. The van der Waals surface area contributed by atoms with E-state index in [9.17, 15) is 8.78 Å². The monoisotopic (exact) mass is 346 g/mol. The third kappa shape index (κ3) is 3.45. The van der Waals surface area contributed by atoms with Crippen LogP contribution in [0.4, 0.5) is 8.78 Å². The van der Waals surface area contributed by atoms with Crippen LogP contribution in [-0.2, 0) is 12.5 Å². The van der Waals surface area contributed by atoms with Crippen molar-refractivity contribution in [2.75, 3.05) is 0 Å². The van der Waals surface area contributed by atoms with Gasteiger partial charge in [-0.3, -0.25) is 0 Å². The van der Waals surface area contributed by atoms with Crippen LogP contribution in [0.2, 0.25) is 0 Å². The highest BCUT2D eigenvalue weighted by atomic mass is 79.9. The van der Waals surface area contributed by atoms with Gasteiger partial charge in [-0.15, -0.1) is 11.6 Å². The van der Waals surface area contributed by atoms with Gasteiger partial charge in [0, 0.05) is 17.2 Å². The van der Waals surface area contributed by atoms with E-state index in [0.717, 1.165) is 16.1 Å². The lowest BCUT2D eigenvalue weighted by atomic mass is 10.2. The van der Waals surface area contributed by atoms with Crippen LogP contribution in [0.1, 0.15) is 11.1 Å². The topological polar surface area (TPSA) is 9.23 Å². The van der Waals surface area contributed by atoms with Gasteiger partial charge in [-0.25, -0.2) is 8.78 Å². The van der Waals surface area contributed by atoms with Gasteiger partial charge in [0.2, 0.25) is 0 Å². The van der Waals surface area contributed by atoms with Crippen molar-refractivity contribution < 1.29 is 13.5 Å². The summed E-state index contributed by atoms with van der Waals surface area (Å²) in [5.41, 5.74) is 1.09. The Bertz CT molecular complexity index is 590. The van der Waals surface area contributed by atoms with Crippen molar-refractivity contribution in [3.05, 3.63) is 63.6 Å². The van der Waals surface area contributed by atoms with E-state index in [-0.39, 0.29) is 12.2 Å². The van der Waals surface area contributed by atoms with Gasteiger partial charge in [-0.1, -0.05) is 12.1 Å². The van der Waals surface area contributed by atoms with Crippen LogP contribution in [0.5, 0.6) is 5.75 Å². The van der Waals surface area contributed by atoms with Gasteiger partial charge in [0.1, 0.15) is 24.0 Å². The molecule has 0 saturated carbocycles. The van der Waals surface area contributed by atoms with Crippen LogP contribution >= 0.6 is 27.5 Å². The van der Waals surface area contributed by atoms with Gasteiger partial charge < -0.3 is 4.74 Å². The van der Waals surface area contributed by atoms with Crippen molar-refractivity contribution >= 4 is 27.5 Å². The van der Waals surface area contributed by atoms with Gasteiger partial charge >= 0.3 is 0 Å². The summed E-state index contributed by atoms with van der Waals surface area (Å²) in [5, 5.41) is 0. The number of ether oxygens (including phenoxy) is 1. The molecule has 0 aliphatic carbocycles. The molecule has 5 heteroatoms. The molecule has 0 aromatic heterocycles. The maximum atomic E-state index is 13.5. The summed E-state index contributed by atoms with van der Waals surface area (Å²) in [6.45, 7) is 0.0125. The maximum absolute atomic E-state index is 13.5. The van der Waals surface area contributed by atoms with Gasteiger partial charge in [0.25, 0.3) is 0 Å². The zero-order valence-corrected chi connectivity index (χ0v) is 12.1. The quantitative estimate of drug-likeness (QED) is 0.704. The van der Waals surface area contributed by atoms with Gasteiger partial charge in [0.05, 0.1) is 10.4 Å². The van der Waals surface area contributed by atoms with E-state index >= 15 is 0 Å². The molecular formula is C14H10BrClF2O. The fraction of sp³-hybridized carbons (Fsp3) is 0.143. The average molecular weight is 348 g/mol. The minimum atomic E-state index is -0.625. The fourth-order valence-corrected chi connectivity index (χ4v) is 2.34. The normalized spacial score (nSPS) is 10.5. The van der Waals surface area contributed by atoms with E-state index < -0.39 is 11.6 Å². The van der Waals surface area contributed by atoms with Crippen LogP contribution in [0, 0.1) is 11.6 Å². The molecule has 0 atom stereocenters. The molecule has 0 aliphatic heterocycles. The van der Waals surface area contributed by atoms with E-state index in [1.165, 1.54) is 12.1 Å². The zero-order chi connectivity index (χ0) is 13.8. The summed E-state index contributed by atoms with van der Waals surface area (Å²) >= 11 is 9.17. The van der Waals surface area contributed by atoms with Crippen LogP contribution in [0.15, 0.2) is 40.9 Å². The van der Waals surface area contributed by atoms with Crippen molar-refractivity contribution in [2.24, 2.45) is 0 Å². The summed E-state index contributed by atoms with van der Waals surface area (Å²) in [7, 11) is 0. The molecule has 0 aliphatic rings. The van der Waals surface area contributed by atoms with Gasteiger partial charge in [0.15, 0.2) is 0 Å². The highest BCUT2D eigenvalue weighted by molar-refractivity contribution is 9.10. The van der Waals surface area contributed by atoms with E-state index in [0.29, 0.717) is 11.6 Å². The molecule has 0 amide bonds. The van der Waals surface area contributed by atoms with E-state index in [1.54, 1.807) is 0 Å². The van der Waals surface area contributed by atoms with Gasteiger partial charge in [-0.2, -0.15) is 0 Å². The Morgan fingerprint density at radius 2 is 1.89 bits per heavy atom. The summed E-state index contributed by atoms with van der Waals surface area (Å²) in [6, 6.07) is 8.88. The third-order valence-electron chi connectivity index (χ3n) is 2.58.